The maximum Gasteiger partial charge on any atom is 0.259 e. The lowest BCUT2D eigenvalue weighted by molar-refractivity contribution is -0.130. The van der Waals surface area contributed by atoms with E-state index in [4.69, 9.17) is 14.7 Å². The number of fused-ring (bicyclic) bond motifs is 2. The number of benzene rings is 3. The number of para-hydroxylation sites is 1. The van der Waals surface area contributed by atoms with Crippen molar-refractivity contribution in [1.82, 2.24) is 14.9 Å². The van der Waals surface area contributed by atoms with E-state index in [1.165, 1.54) is 4.90 Å². The third kappa shape index (κ3) is 4.54. The fraction of sp³-hybridized carbons (Fsp3) is 0.148. The first-order chi connectivity index (χ1) is 16.6. The van der Waals surface area contributed by atoms with Crippen LogP contribution in [0.15, 0.2) is 72.8 Å². The summed E-state index contributed by atoms with van der Waals surface area (Å²) in [6, 6.07) is 21.6. The van der Waals surface area contributed by atoms with Crippen LogP contribution in [-0.2, 0) is 4.79 Å². The molecule has 2 heterocycles. The van der Waals surface area contributed by atoms with Gasteiger partial charge in [0, 0.05) is 43.0 Å². The normalized spacial score (nSPS) is 12.1. The Bertz CT molecular complexity index is 1400. The van der Waals surface area contributed by atoms with Gasteiger partial charge in [-0.25, -0.2) is 9.97 Å². The number of carbonyl (C=O) groups is 1. The maximum atomic E-state index is 11.9. The van der Waals surface area contributed by atoms with Crippen molar-refractivity contribution >= 4 is 40.1 Å². The fourth-order valence-electron chi connectivity index (χ4n) is 3.73. The zero-order valence-electron chi connectivity index (χ0n) is 19.1. The number of likely N-dealkylation sites (N-methyl/N-ethyl adjacent to an activating group) is 1. The molecule has 34 heavy (non-hydrogen) atoms. The molecule has 7 heteroatoms. The molecule has 1 aliphatic heterocycles. The van der Waals surface area contributed by atoms with E-state index in [2.05, 4.69) is 34.9 Å². The highest BCUT2D eigenvalue weighted by molar-refractivity contribution is 5.92. The molecule has 1 aromatic heterocycles. The Morgan fingerprint density at radius 1 is 1.06 bits per heavy atom. The molecule has 0 saturated carbocycles. The zero-order chi connectivity index (χ0) is 23.5. The van der Waals surface area contributed by atoms with E-state index in [-0.39, 0.29) is 12.5 Å². The van der Waals surface area contributed by atoms with Crippen molar-refractivity contribution in [2.75, 3.05) is 37.9 Å². The molecule has 3 aromatic carbocycles. The summed E-state index contributed by atoms with van der Waals surface area (Å²) >= 11 is 0. The minimum atomic E-state index is -0.103. The fourth-order valence-corrected chi connectivity index (χ4v) is 3.73. The molecule has 0 aliphatic carbocycles. The van der Waals surface area contributed by atoms with E-state index in [9.17, 15) is 4.79 Å². The first-order valence-electron chi connectivity index (χ1n) is 11.1. The number of aromatic nitrogens is 2. The predicted molar refractivity (Wildman–Crippen MR) is 136 cm³/mol. The third-order valence-corrected chi connectivity index (χ3v) is 5.58. The Hall–Kier alpha value is -4.39. The van der Waals surface area contributed by atoms with Crippen molar-refractivity contribution in [1.29, 1.82) is 0 Å². The standard InChI is InChI=1S/C27H25N5O2/c1-32(2)25(33)17-34-21-9-5-7-19(16-21)26-30-24-11-4-3-10-22(24)27(31-26)29-20-12-13-23-18(15-20)8-6-14-28-23/h3-13,15-16,28H,14,17H2,1-2H3,(H,29,30,31). The highest BCUT2D eigenvalue weighted by Crippen LogP contribution is 2.31. The first kappa shape index (κ1) is 21.5. The summed E-state index contributed by atoms with van der Waals surface area (Å²) in [5.41, 5.74) is 4.84. The minimum Gasteiger partial charge on any atom is -0.484 e. The van der Waals surface area contributed by atoms with Crippen molar-refractivity contribution in [3.8, 4) is 17.1 Å². The molecule has 0 spiro atoms. The highest BCUT2D eigenvalue weighted by Gasteiger charge is 2.12. The van der Waals surface area contributed by atoms with E-state index in [1.807, 2.05) is 54.6 Å². The molecule has 0 saturated heterocycles. The van der Waals surface area contributed by atoms with E-state index < -0.39 is 0 Å². The summed E-state index contributed by atoms with van der Waals surface area (Å²) in [5.74, 6) is 1.79. The Kier molecular flexibility index (Phi) is 5.82. The van der Waals surface area contributed by atoms with Gasteiger partial charge in [-0.05, 0) is 48.0 Å². The Balaban J connectivity index is 1.49. The van der Waals surface area contributed by atoms with E-state index >= 15 is 0 Å². The van der Waals surface area contributed by atoms with Crippen LogP contribution in [0.5, 0.6) is 5.75 Å². The zero-order valence-corrected chi connectivity index (χ0v) is 19.1. The second kappa shape index (κ2) is 9.23. The summed E-state index contributed by atoms with van der Waals surface area (Å²) in [7, 11) is 3.41. The van der Waals surface area contributed by atoms with Gasteiger partial charge in [0.15, 0.2) is 12.4 Å². The van der Waals surface area contributed by atoms with Gasteiger partial charge in [0.1, 0.15) is 11.6 Å². The average molecular weight is 452 g/mol. The number of anilines is 3. The highest BCUT2D eigenvalue weighted by atomic mass is 16.5. The Labute approximate surface area is 198 Å². The molecule has 0 bridgehead atoms. The molecule has 0 atom stereocenters. The van der Waals surface area contributed by atoms with Crippen LogP contribution < -0.4 is 15.4 Å². The van der Waals surface area contributed by atoms with Crippen molar-refractivity contribution in [3.05, 3.63) is 78.4 Å². The maximum absolute atomic E-state index is 11.9. The topological polar surface area (TPSA) is 79.4 Å². The molecule has 0 radical (unpaired) electrons. The summed E-state index contributed by atoms with van der Waals surface area (Å²) in [5, 5.41) is 7.78. The van der Waals surface area contributed by atoms with Gasteiger partial charge in [-0.3, -0.25) is 4.79 Å². The average Bonchev–Trinajstić information content (AvgIpc) is 2.87. The number of carbonyl (C=O) groups excluding carboxylic acids is 1. The molecule has 5 rings (SSSR count). The van der Waals surface area contributed by atoms with Crippen LogP contribution in [0.1, 0.15) is 5.56 Å². The number of hydrogen-bond donors (Lipinski definition) is 2. The number of amides is 1. The van der Waals surface area contributed by atoms with E-state index in [1.54, 1.807) is 14.1 Å². The molecule has 0 unspecified atom stereocenters. The van der Waals surface area contributed by atoms with Gasteiger partial charge < -0.3 is 20.3 Å². The number of hydrogen-bond acceptors (Lipinski definition) is 6. The number of rotatable bonds is 6. The molecule has 7 nitrogen and oxygen atoms in total. The number of nitrogens with one attached hydrogen (secondary N) is 2. The van der Waals surface area contributed by atoms with Gasteiger partial charge in [-0.15, -0.1) is 0 Å². The van der Waals surface area contributed by atoms with Crippen molar-refractivity contribution in [2.45, 2.75) is 0 Å². The lowest BCUT2D eigenvalue weighted by atomic mass is 10.1. The quantitative estimate of drug-likeness (QED) is 0.432. The van der Waals surface area contributed by atoms with Crippen LogP contribution >= 0.6 is 0 Å². The van der Waals surface area contributed by atoms with Crippen LogP contribution in [0.2, 0.25) is 0 Å². The lowest BCUT2D eigenvalue weighted by Crippen LogP contribution is -2.27. The van der Waals surface area contributed by atoms with Crippen molar-refractivity contribution in [3.63, 3.8) is 0 Å². The molecule has 1 aliphatic rings. The summed E-state index contributed by atoms with van der Waals surface area (Å²) in [6.45, 7) is 0.815. The molecule has 1 amide bonds. The van der Waals surface area contributed by atoms with Crippen LogP contribution in [0, 0.1) is 0 Å². The van der Waals surface area contributed by atoms with Crippen molar-refractivity contribution < 1.29 is 9.53 Å². The lowest BCUT2D eigenvalue weighted by Gasteiger charge is -2.16. The minimum absolute atomic E-state index is 0.0243. The van der Waals surface area contributed by atoms with E-state index in [0.717, 1.165) is 45.8 Å². The SMILES string of the molecule is CN(C)C(=O)COc1cccc(-c2nc(Nc3ccc4c(c3)C=CCN4)c3ccccc3n2)c1. The second-order valence-corrected chi connectivity index (χ2v) is 8.23. The van der Waals surface area contributed by atoms with Crippen LogP contribution in [-0.4, -0.2) is 48.0 Å². The van der Waals surface area contributed by atoms with Gasteiger partial charge >= 0.3 is 0 Å². The molecule has 4 aromatic rings. The largest absolute Gasteiger partial charge is 0.484 e. The molecular formula is C27H25N5O2. The van der Waals surface area contributed by atoms with Gasteiger partial charge in [0.2, 0.25) is 0 Å². The predicted octanol–water partition coefficient (Wildman–Crippen LogP) is 4.95. The smallest absolute Gasteiger partial charge is 0.259 e. The Morgan fingerprint density at radius 2 is 1.94 bits per heavy atom. The summed E-state index contributed by atoms with van der Waals surface area (Å²) in [4.78, 5) is 23.0. The Morgan fingerprint density at radius 3 is 2.82 bits per heavy atom. The van der Waals surface area contributed by atoms with Crippen LogP contribution in [0.3, 0.4) is 0 Å². The summed E-state index contributed by atoms with van der Waals surface area (Å²) < 4.78 is 5.68. The van der Waals surface area contributed by atoms with Crippen molar-refractivity contribution in [2.24, 2.45) is 0 Å². The molecule has 2 N–H and O–H groups in total. The number of nitrogens with zero attached hydrogens (tertiary/aromatic N) is 3. The first-order valence-corrected chi connectivity index (χ1v) is 11.1. The van der Waals surface area contributed by atoms with Gasteiger partial charge in [-0.1, -0.05) is 36.4 Å². The third-order valence-electron chi connectivity index (χ3n) is 5.58. The van der Waals surface area contributed by atoms with Crippen LogP contribution in [0.4, 0.5) is 17.2 Å². The monoisotopic (exact) mass is 451 g/mol. The van der Waals surface area contributed by atoms with Gasteiger partial charge in [0.25, 0.3) is 5.91 Å². The summed E-state index contributed by atoms with van der Waals surface area (Å²) in [6.07, 6.45) is 4.22. The van der Waals surface area contributed by atoms with Gasteiger partial charge in [0.05, 0.1) is 5.52 Å². The van der Waals surface area contributed by atoms with E-state index in [0.29, 0.717) is 11.6 Å². The van der Waals surface area contributed by atoms with Crippen LogP contribution in [0.25, 0.3) is 28.4 Å². The second-order valence-electron chi connectivity index (χ2n) is 8.23. The van der Waals surface area contributed by atoms with Gasteiger partial charge in [-0.2, -0.15) is 0 Å². The molecular weight excluding hydrogens is 426 g/mol. The number of ether oxygens (including phenoxy) is 1. The molecule has 0 fully saturated rings. The molecule has 170 valence electrons.